The highest BCUT2D eigenvalue weighted by Gasteiger charge is 2.15. The van der Waals surface area contributed by atoms with E-state index in [-0.39, 0.29) is 11.9 Å². The van der Waals surface area contributed by atoms with Crippen LogP contribution in [0.5, 0.6) is 11.5 Å². The van der Waals surface area contributed by atoms with Gasteiger partial charge in [0.05, 0.1) is 31.3 Å². The van der Waals surface area contributed by atoms with Crippen molar-refractivity contribution < 1.29 is 14.3 Å². The molecule has 2 aromatic heterocycles. The molecule has 0 saturated heterocycles. The molecule has 2 heterocycles. The van der Waals surface area contributed by atoms with E-state index in [1.165, 1.54) is 0 Å². The molecule has 0 aliphatic rings. The number of fused-ring (bicyclic) bond motifs is 1. The maximum absolute atomic E-state index is 12.7. The summed E-state index contributed by atoms with van der Waals surface area (Å²) in [5, 5.41) is 12.4. The smallest absolute Gasteiger partial charge is 0.251 e. The number of aromatic nitrogens is 4. The summed E-state index contributed by atoms with van der Waals surface area (Å²) in [6, 6.07) is 5.45. The molecule has 0 radical (unpaired) electrons. The zero-order valence-corrected chi connectivity index (χ0v) is 21.4. The number of nitrogens with one attached hydrogen (secondary N) is 2. The quantitative estimate of drug-likeness (QED) is 0.271. The van der Waals surface area contributed by atoms with Crippen molar-refractivity contribution in [1.82, 2.24) is 25.1 Å². The monoisotopic (exact) mass is 486 g/mol. The molecule has 1 amide bonds. The maximum atomic E-state index is 12.7. The third-order valence-corrected chi connectivity index (χ3v) is 5.80. The predicted octanol–water partition coefficient (Wildman–Crippen LogP) is 4.38. The van der Waals surface area contributed by atoms with Crippen molar-refractivity contribution in [1.29, 1.82) is 0 Å². The Morgan fingerprint density at radius 2 is 1.88 bits per heavy atom. The minimum absolute atomic E-state index is 0.184. The molecular weight excluding hydrogens is 452 g/mol. The Hall–Kier alpha value is -3.01. The topological polar surface area (TPSA) is 103 Å². The van der Waals surface area contributed by atoms with E-state index in [9.17, 15) is 4.79 Å². The zero-order chi connectivity index (χ0) is 24.5. The third-order valence-electron chi connectivity index (χ3n) is 4.75. The van der Waals surface area contributed by atoms with Gasteiger partial charge in [0, 0.05) is 23.9 Å². The van der Waals surface area contributed by atoms with Gasteiger partial charge in [0.2, 0.25) is 0 Å². The van der Waals surface area contributed by atoms with Gasteiger partial charge in [-0.15, -0.1) is 0 Å². The van der Waals surface area contributed by atoms with Crippen LogP contribution < -0.4 is 20.1 Å². The zero-order valence-electron chi connectivity index (χ0n) is 20.6. The summed E-state index contributed by atoms with van der Waals surface area (Å²) in [7, 11) is 0. The normalized spacial score (nSPS) is 11.1. The van der Waals surface area contributed by atoms with Crippen LogP contribution in [0.3, 0.4) is 0 Å². The number of hydrogen-bond donors (Lipinski definition) is 2. The standard InChI is InChI=1S/C24H34N6O3S/c1-6-13-34-24-28-21(27-16(4)5)18-15-26-30(22(18)29-24)12-11-25-23(31)17-9-10-19(32-7-2)20(14-17)33-8-3/h9-10,14-16H,6-8,11-13H2,1-5H3,(H,25,31)(H,27,28,29). The highest BCUT2D eigenvalue weighted by molar-refractivity contribution is 7.99. The average molecular weight is 487 g/mol. The van der Waals surface area contributed by atoms with Gasteiger partial charge in [-0.25, -0.2) is 14.6 Å². The number of anilines is 1. The van der Waals surface area contributed by atoms with Crippen molar-refractivity contribution in [2.75, 3.05) is 30.8 Å². The van der Waals surface area contributed by atoms with Crippen LogP contribution in [0.25, 0.3) is 11.0 Å². The van der Waals surface area contributed by atoms with Gasteiger partial charge in [-0.2, -0.15) is 5.10 Å². The number of rotatable bonds is 13. The van der Waals surface area contributed by atoms with Gasteiger partial charge in [-0.3, -0.25) is 4.79 Å². The first-order chi connectivity index (χ1) is 16.5. The van der Waals surface area contributed by atoms with Crippen LogP contribution in [-0.4, -0.2) is 57.2 Å². The predicted molar refractivity (Wildman–Crippen MR) is 136 cm³/mol. The van der Waals surface area contributed by atoms with E-state index in [2.05, 4.69) is 41.5 Å². The highest BCUT2D eigenvalue weighted by Crippen LogP contribution is 2.28. The van der Waals surface area contributed by atoms with Crippen molar-refractivity contribution in [2.45, 2.75) is 58.8 Å². The van der Waals surface area contributed by atoms with Gasteiger partial charge in [0.15, 0.2) is 22.3 Å². The van der Waals surface area contributed by atoms with Gasteiger partial charge < -0.3 is 20.1 Å². The lowest BCUT2D eigenvalue weighted by Crippen LogP contribution is -2.27. The van der Waals surface area contributed by atoms with Gasteiger partial charge in [0.25, 0.3) is 5.91 Å². The molecule has 1 aromatic carbocycles. The van der Waals surface area contributed by atoms with Crippen molar-refractivity contribution >= 4 is 34.5 Å². The fourth-order valence-corrected chi connectivity index (χ4v) is 4.00. The number of carbonyl (C=O) groups excluding carboxylic acids is 1. The molecule has 34 heavy (non-hydrogen) atoms. The van der Waals surface area contributed by atoms with E-state index >= 15 is 0 Å². The third kappa shape index (κ3) is 6.53. The number of amides is 1. The average Bonchev–Trinajstić information content (AvgIpc) is 3.22. The molecular formula is C24H34N6O3S. The Morgan fingerprint density at radius 3 is 2.59 bits per heavy atom. The molecule has 184 valence electrons. The molecule has 0 fully saturated rings. The minimum atomic E-state index is -0.184. The summed E-state index contributed by atoms with van der Waals surface area (Å²) in [4.78, 5) is 22.1. The summed E-state index contributed by atoms with van der Waals surface area (Å²) >= 11 is 1.63. The largest absolute Gasteiger partial charge is 0.490 e. The van der Waals surface area contributed by atoms with Crippen LogP contribution in [-0.2, 0) is 6.54 Å². The molecule has 0 atom stereocenters. The second-order valence-corrected chi connectivity index (χ2v) is 8.95. The molecule has 0 saturated carbocycles. The van der Waals surface area contributed by atoms with Crippen LogP contribution in [0.1, 0.15) is 51.4 Å². The van der Waals surface area contributed by atoms with Crippen LogP contribution in [0.2, 0.25) is 0 Å². The first-order valence-electron chi connectivity index (χ1n) is 11.8. The summed E-state index contributed by atoms with van der Waals surface area (Å²) in [5.41, 5.74) is 1.27. The van der Waals surface area contributed by atoms with Gasteiger partial charge in [-0.1, -0.05) is 18.7 Å². The summed E-state index contributed by atoms with van der Waals surface area (Å²) < 4.78 is 13.0. The summed E-state index contributed by atoms with van der Waals surface area (Å²) in [6.07, 6.45) is 2.82. The number of ether oxygens (including phenoxy) is 2. The van der Waals surface area contributed by atoms with Crippen LogP contribution in [0.4, 0.5) is 5.82 Å². The number of hydrogen-bond acceptors (Lipinski definition) is 8. The van der Waals surface area contributed by atoms with Crippen LogP contribution in [0.15, 0.2) is 29.6 Å². The number of carbonyl (C=O) groups is 1. The van der Waals surface area contributed by atoms with Gasteiger partial charge >= 0.3 is 0 Å². The van der Waals surface area contributed by atoms with Crippen molar-refractivity contribution in [2.24, 2.45) is 0 Å². The van der Waals surface area contributed by atoms with E-state index in [0.717, 1.165) is 34.2 Å². The van der Waals surface area contributed by atoms with Gasteiger partial charge in [0.1, 0.15) is 5.82 Å². The van der Waals surface area contributed by atoms with Crippen molar-refractivity contribution in [3.63, 3.8) is 0 Å². The molecule has 0 aliphatic heterocycles. The first kappa shape index (κ1) is 25.6. The van der Waals surface area contributed by atoms with E-state index in [1.807, 2.05) is 18.5 Å². The Kier molecular flexibility index (Phi) is 9.38. The molecule has 0 bridgehead atoms. The molecule has 9 nitrogen and oxygen atoms in total. The highest BCUT2D eigenvalue weighted by atomic mass is 32.2. The molecule has 3 aromatic rings. The van der Waals surface area contributed by atoms with E-state index in [0.29, 0.717) is 43.4 Å². The van der Waals surface area contributed by atoms with Crippen molar-refractivity contribution in [3.8, 4) is 11.5 Å². The molecule has 2 N–H and O–H groups in total. The first-order valence-corrected chi connectivity index (χ1v) is 12.8. The Morgan fingerprint density at radius 1 is 1.12 bits per heavy atom. The van der Waals surface area contributed by atoms with Crippen LogP contribution >= 0.6 is 11.8 Å². The molecule has 0 aliphatic carbocycles. The van der Waals surface area contributed by atoms with E-state index < -0.39 is 0 Å². The number of thioether (sulfide) groups is 1. The Balaban J connectivity index is 1.72. The van der Waals surface area contributed by atoms with Gasteiger partial charge in [-0.05, 0) is 52.3 Å². The second kappa shape index (κ2) is 12.5. The maximum Gasteiger partial charge on any atom is 0.251 e. The SMILES string of the molecule is CCCSc1nc(NC(C)C)c2cnn(CCNC(=O)c3ccc(OCC)c(OCC)c3)c2n1. The minimum Gasteiger partial charge on any atom is -0.490 e. The Bertz CT molecular complexity index is 1100. The molecule has 0 unspecified atom stereocenters. The van der Waals surface area contributed by atoms with E-state index in [1.54, 1.807) is 36.2 Å². The lowest BCUT2D eigenvalue weighted by molar-refractivity contribution is 0.0951. The second-order valence-electron chi connectivity index (χ2n) is 7.89. The fraction of sp³-hybridized carbons (Fsp3) is 0.500. The lowest BCUT2D eigenvalue weighted by Gasteiger charge is -2.13. The number of nitrogens with zero attached hydrogens (tertiary/aromatic N) is 4. The van der Waals surface area contributed by atoms with Crippen molar-refractivity contribution in [3.05, 3.63) is 30.0 Å². The molecule has 0 spiro atoms. The van der Waals surface area contributed by atoms with Crippen LogP contribution in [0, 0.1) is 0 Å². The number of benzene rings is 1. The lowest BCUT2D eigenvalue weighted by atomic mass is 10.2. The summed E-state index contributed by atoms with van der Waals surface area (Å²) in [5.74, 6) is 2.74. The summed E-state index contributed by atoms with van der Waals surface area (Å²) in [6.45, 7) is 12.0. The van der Waals surface area contributed by atoms with E-state index in [4.69, 9.17) is 14.5 Å². The molecule has 10 heteroatoms. The Labute approximate surface area is 205 Å². The molecule has 3 rings (SSSR count). The fourth-order valence-electron chi connectivity index (χ4n) is 3.31.